The zero-order valence-corrected chi connectivity index (χ0v) is 16.7. The van der Waals surface area contributed by atoms with E-state index in [2.05, 4.69) is 5.32 Å². The molecule has 7 heteroatoms. The quantitative estimate of drug-likeness (QED) is 0.579. The Kier molecular flexibility index (Phi) is 6.57. The lowest BCUT2D eigenvalue weighted by Crippen LogP contribution is -2.31. The molecule has 0 aliphatic heterocycles. The largest absolute Gasteiger partial charge is 0.495 e. The fourth-order valence-corrected chi connectivity index (χ4v) is 2.87. The Hall–Kier alpha value is -3.25. The molecule has 3 aromatic rings. The second kappa shape index (κ2) is 9.30. The first kappa shape index (κ1) is 20.5. The van der Waals surface area contributed by atoms with Crippen LogP contribution >= 0.6 is 11.6 Å². The summed E-state index contributed by atoms with van der Waals surface area (Å²) in [4.78, 5) is 24.4. The summed E-state index contributed by atoms with van der Waals surface area (Å²) in [5, 5.41) is 5.15. The van der Waals surface area contributed by atoms with Gasteiger partial charge in [-0.3, -0.25) is 4.79 Å². The van der Waals surface area contributed by atoms with Crippen LogP contribution in [-0.2, 0) is 14.3 Å². The number of anilines is 1. The Morgan fingerprint density at radius 1 is 1.03 bits per heavy atom. The van der Waals surface area contributed by atoms with Crippen molar-refractivity contribution in [2.45, 2.75) is 13.0 Å². The van der Waals surface area contributed by atoms with Crippen LogP contribution in [0.25, 0.3) is 10.8 Å². The maximum absolute atomic E-state index is 12.3. The molecule has 0 aliphatic carbocycles. The third kappa shape index (κ3) is 5.39. The summed E-state index contributed by atoms with van der Waals surface area (Å²) in [5.74, 6) is -0.175. The van der Waals surface area contributed by atoms with Gasteiger partial charge in [0, 0.05) is 5.02 Å². The number of carbonyl (C=O) groups is 2. The molecule has 6 nitrogen and oxygen atoms in total. The first-order valence-corrected chi connectivity index (χ1v) is 9.29. The molecule has 0 spiro atoms. The van der Waals surface area contributed by atoms with Crippen LogP contribution in [0.1, 0.15) is 6.92 Å². The summed E-state index contributed by atoms with van der Waals surface area (Å²) in [6, 6.07) is 18.2. The number of hydrogen-bond acceptors (Lipinski definition) is 5. The number of amides is 1. The van der Waals surface area contributed by atoms with E-state index in [0.29, 0.717) is 22.2 Å². The van der Waals surface area contributed by atoms with E-state index in [1.54, 1.807) is 24.3 Å². The molecule has 1 amide bonds. The lowest BCUT2D eigenvalue weighted by molar-refractivity contribution is -0.155. The van der Waals surface area contributed by atoms with Crippen molar-refractivity contribution in [1.82, 2.24) is 0 Å². The van der Waals surface area contributed by atoms with E-state index in [-0.39, 0.29) is 6.61 Å². The summed E-state index contributed by atoms with van der Waals surface area (Å²) in [7, 11) is 1.48. The molecule has 1 atom stereocenters. The number of methoxy groups -OCH3 is 1. The first-order valence-electron chi connectivity index (χ1n) is 8.92. The van der Waals surface area contributed by atoms with Gasteiger partial charge < -0.3 is 19.5 Å². The zero-order valence-electron chi connectivity index (χ0n) is 16.0. The van der Waals surface area contributed by atoms with Gasteiger partial charge in [0.1, 0.15) is 11.5 Å². The Morgan fingerprint density at radius 2 is 1.79 bits per heavy atom. The van der Waals surface area contributed by atoms with Gasteiger partial charge in [0.25, 0.3) is 5.91 Å². The minimum absolute atomic E-state index is 0.309. The van der Waals surface area contributed by atoms with Crippen molar-refractivity contribution in [3.05, 3.63) is 65.7 Å². The van der Waals surface area contributed by atoms with Crippen molar-refractivity contribution in [3.63, 3.8) is 0 Å². The number of ether oxygens (including phenoxy) is 3. The lowest BCUT2D eigenvalue weighted by Gasteiger charge is -2.15. The molecule has 3 aromatic carbocycles. The van der Waals surface area contributed by atoms with E-state index < -0.39 is 18.0 Å². The van der Waals surface area contributed by atoms with Gasteiger partial charge in [0.05, 0.1) is 12.8 Å². The van der Waals surface area contributed by atoms with Crippen molar-refractivity contribution in [2.75, 3.05) is 19.0 Å². The molecule has 29 heavy (non-hydrogen) atoms. The number of halogens is 1. The van der Waals surface area contributed by atoms with Gasteiger partial charge in [-0.15, -0.1) is 0 Å². The number of carbonyl (C=O) groups excluding carboxylic acids is 2. The summed E-state index contributed by atoms with van der Waals surface area (Å²) in [5.41, 5.74) is 0.389. The molecular formula is C22H20ClNO5. The Balaban J connectivity index is 1.54. The van der Waals surface area contributed by atoms with Crippen molar-refractivity contribution in [3.8, 4) is 11.5 Å². The van der Waals surface area contributed by atoms with Crippen molar-refractivity contribution >= 4 is 39.9 Å². The maximum Gasteiger partial charge on any atom is 0.344 e. The van der Waals surface area contributed by atoms with E-state index >= 15 is 0 Å². The predicted molar refractivity (Wildman–Crippen MR) is 112 cm³/mol. The number of fused-ring (bicyclic) bond motifs is 1. The lowest BCUT2D eigenvalue weighted by atomic mass is 10.1. The van der Waals surface area contributed by atoms with Crippen LogP contribution in [0.2, 0.25) is 5.02 Å². The average Bonchev–Trinajstić information content (AvgIpc) is 2.72. The van der Waals surface area contributed by atoms with Crippen LogP contribution < -0.4 is 14.8 Å². The molecule has 0 fully saturated rings. The maximum atomic E-state index is 12.3. The first-order chi connectivity index (χ1) is 14.0. The van der Waals surface area contributed by atoms with Crippen LogP contribution in [0.4, 0.5) is 5.69 Å². The van der Waals surface area contributed by atoms with Crippen molar-refractivity contribution in [2.24, 2.45) is 0 Å². The second-order valence-corrected chi connectivity index (χ2v) is 6.70. The van der Waals surface area contributed by atoms with E-state index in [9.17, 15) is 9.59 Å². The van der Waals surface area contributed by atoms with Crippen LogP contribution in [-0.4, -0.2) is 31.7 Å². The van der Waals surface area contributed by atoms with Gasteiger partial charge in [-0.25, -0.2) is 4.79 Å². The summed E-state index contributed by atoms with van der Waals surface area (Å²) in [6.45, 7) is 1.16. The number of esters is 1. The van der Waals surface area contributed by atoms with E-state index in [1.165, 1.54) is 14.0 Å². The van der Waals surface area contributed by atoms with Gasteiger partial charge in [-0.05, 0) is 48.0 Å². The van der Waals surface area contributed by atoms with Gasteiger partial charge in [-0.2, -0.15) is 0 Å². The van der Waals surface area contributed by atoms with Gasteiger partial charge in [0.2, 0.25) is 0 Å². The predicted octanol–water partition coefficient (Wildman–Crippen LogP) is 4.45. The molecule has 1 unspecified atom stereocenters. The Bertz CT molecular complexity index is 1040. The topological polar surface area (TPSA) is 73.9 Å². The molecule has 0 saturated carbocycles. The highest BCUT2D eigenvalue weighted by atomic mass is 35.5. The van der Waals surface area contributed by atoms with Crippen molar-refractivity contribution < 1.29 is 23.8 Å². The average molecular weight is 414 g/mol. The van der Waals surface area contributed by atoms with Crippen LogP contribution in [0.5, 0.6) is 11.5 Å². The third-order valence-electron chi connectivity index (χ3n) is 4.17. The third-order valence-corrected chi connectivity index (χ3v) is 4.41. The van der Waals surface area contributed by atoms with E-state index in [1.807, 2.05) is 36.4 Å². The van der Waals surface area contributed by atoms with Crippen LogP contribution in [0.3, 0.4) is 0 Å². The van der Waals surface area contributed by atoms with Gasteiger partial charge in [0.15, 0.2) is 12.7 Å². The highest BCUT2D eigenvalue weighted by Gasteiger charge is 2.20. The summed E-state index contributed by atoms with van der Waals surface area (Å²) in [6.07, 6.45) is -1.02. The molecule has 0 bridgehead atoms. The smallest absolute Gasteiger partial charge is 0.344 e. The van der Waals surface area contributed by atoms with E-state index in [4.69, 9.17) is 25.8 Å². The minimum Gasteiger partial charge on any atom is -0.495 e. The highest BCUT2D eigenvalue weighted by molar-refractivity contribution is 6.31. The monoisotopic (exact) mass is 413 g/mol. The fourth-order valence-electron chi connectivity index (χ4n) is 2.70. The number of hydrogen-bond donors (Lipinski definition) is 1. The van der Waals surface area contributed by atoms with Crippen LogP contribution in [0.15, 0.2) is 60.7 Å². The molecule has 1 N–H and O–H groups in total. The second-order valence-electron chi connectivity index (χ2n) is 6.26. The fraction of sp³-hybridized carbons (Fsp3) is 0.182. The van der Waals surface area contributed by atoms with Gasteiger partial charge in [-0.1, -0.05) is 41.9 Å². The molecule has 3 rings (SSSR count). The van der Waals surface area contributed by atoms with Crippen molar-refractivity contribution in [1.29, 1.82) is 0 Å². The molecule has 0 aromatic heterocycles. The molecule has 0 saturated heterocycles. The molecule has 0 radical (unpaired) electrons. The summed E-state index contributed by atoms with van der Waals surface area (Å²) < 4.78 is 15.8. The highest BCUT2D eigenvalue weighted by Crippen LogP contribution is 2.28. The normalized spacial score (nSPS) is 11.6. The van der Waals surface area contributed by atoms with Gasteiger partial charge >= 0.3 is 5.97 Å². The molecular weight excluding hydrogens is 394 g/mol. The molecule has 0 aliphatic rings. The number of nitrogens with one attached hydrogen (secondary N) is 1. The SMILES string of the molecule is COc1ccc(Cl)cc1NC(=O)C(C)OC(=O)COc1ccc2ccccc2c1. The zero-order chi connectivity index (χ0) is 20.8. The van der Waals surface area contributed by atoms with Crippen LogP contribution in [0, 0.1) is 0 Å². The Morgan fingerprint density at radius 3 is 2.55 bits per heavy atom. The standard InChI is InChI=1S/C22H20ClNO5/c1-14(22(26)24-19-12-17(23)8-10-20(19)27-2)29-21(25)13-28-18-9-7-15-5-3-4-6-16(15)11-18/h3-12,14H,13H2,1-2H3,(H,24,26). The minimum atomic E-state index is -1.02. The molecule has 150 valence electrons. The Labute approximate surface area is 173 Å². The summed E-state index contributed by atoms with van der Waals surface area (Å²) >= 11 is 5.95. The number of benzene rings is 3. The number of rotatable bonds is 7. The molecule has 0 heterocycles. The van der Waals surface area contributed by atoms with E-state index in [0.717, 1.165) is 10.8 Å².